The van der Waals surface area contributed by atoms with Crippen LogP contribution in [0.1, 0.15) is 29.9 Å². The van der Waals surface area contributed by atoms with E-state index >= 15 is 0 Å². The number of carbonyl (C=O) groups excluding carboxylic acids is 1. The van der Waals surface area contributed by atoms with E-state index in [1.165, 1.54) is 11.1 Å². The van der Waals surface area contributed by atoms with Crippen molar-refractivity contribution in [3.8, 4) is 0 Å². The van der Waals surface area contributed by atoms with E-state index in [2.05, 4.69) is 22.0 Å². The van der Waals surface area contributed by atoms with Crippen molar-refractivity contribution >= 4 is 22.2 Å². The third kappa shape index (κ3) is 1.55. The predicted molar refractivity (Wildman–Crippen MR) is 55.9 cm³/mol. The topological polar surface area (TPSA) is 17.1 Å². The highest BCUT2D eigenvalue weighted by atomic mass is 79.9. The fourth-order valence-corrected chi connectivity index (χ4v) is 2.56. The average molecular weight is 239 g/mol. The van der Waals surface area contributed by atoms with E-state index in [4.69, 9.17) is 0 Å². The minimum atomic E-state index is 0.126. The second-order valence-electron chi connectivity index (χ2n) is 3.44. The van der Waals surface area contributed by atoms with Crippen molar-refractivity contribution in [3.05, 3.63) is 33.8 Å². The molecule has 0 aromatic heterocycles. The van der Waals surface area contributed by atoms with Gasteiger partial charge in [0.25, 0.3) is 0 Å². The first-order valence-electron chi connectivity index (χ1n) is 4.55. The third-order valence-electron chi connectivity index (χ3n) is 2.66. The van der Waals surface area contributed by atoms with Gasteiger partial charge in [0.2, 0.25) is 0 Å². The highest BCUT2D eigenvalue weighted by molar-refractivity contribution is 9.10. The van der Waals surface area contributed by atoms with Crippen molar-refractivity contribution in [2.45, 2.75) is 25.2 Å². The minimum absolute atomic E-state index is 0.126. The third-order valence-corrected chi connectivity index (χ3v) is 3.40. The van der Waals surface area contributed by atoms with Gasteiger partial charge in [-0.15, -0.1) is 0 Å². The number of halogens is 1. The van der Waals surface area contributed by atoms with Gasteiger partial charge in [-0.3, -0.25) is 0 Å². The normalized spacial score (nSPS) is 20.8. The maximum Gasteiger partial charge on any atom is 0.127 e. The lowest BCUT2D eigenvalue weighted by Gasteiger charge is -2.21. The van der Waals surface area contributed by atoms with Gasteiger partial charge < -0.3 is 4.79 Å². The fraction of sp³-hybridized carbons (Fsp3) is 0.364. The van der Waals surface area contributed by atoms with Gasteiger partial charge in [0.05, 0.1) is 0 Å². The summed E-state index contributed by atoms with van der Waals surface area (Å²) in [5.74, 6) is 0.126. The van der Waals surface area contributed by atoms with Crippen molar-refractivity contribution in [1.82, 2.24) is 0 Å². The van der Waals surface area contributed by atoms with Crippen LogP contribution in [0.15, 0.2) is 22.7 Å². The molecule has 1 aliphatic carbocycles. The number of fused-ring (bicyclic) bond motifs is 1. The monoisotopic (exact) mass is 238 g/mol. The molecule has 0 heterocycles. The molecule has 0 N–H and O–H groups in total. The molecule has 0 saturated heterocycles. The summed E-state index contributed by atoms with van der Waals surface area (Å²) in [5.41, 5.74) is 2.54. The molecule has 0 aliphatic heterocycles. The van der Waals surface area contributed by atoms with Gasteiger partial charge in [-0.05, 0) is 36.5 Å². The molecule has 1 unspecified atom stereocenters. The minimum Gasteiger partial charge on any atom is -0.303 e. The lowest BCUT2D eigenvalue weighted by molar-refractivity contribution is -0.109. The number of aldehydes is 1. The van der Waals surface area contributed by atoms with E-state index in [1.807, 2.05) is 12.1 Å². The van der Waals surface area contributed by atoms with Gasteiger partial charge in [-0.25, -0.2) is 0 Å². The zero-order valence-corrected chi connectivity index (χ0v) is 8.88. The van der Waals surface area contributed by atoms with Crippen LogP contribution in [0.3, 0.4) is 0 Å². The van der Waals surface area contributed by atoms with Crippen molar-refractivity contribution in [1.29, 1.82) is 0 Å². The Hall–Kier alpha value is -0.630. The first kappa shape index (κ1) is 8.95. The van der Waals surface area contributed by atoms with Crippen molar-refractivity contribution in [2.24, 2.45) is 0 Å². The van der Waals surface area contributed by atoms with Gasteiger partial charge in [-0.2, -0.15) is 0 Å². The van der Waals surface area contributed by atoms with E-state index in [0.717, 1.165) is 30.0 Å². The molecule has 1 atom stereocenters. The van der Waals surface area contributed by atoms with Crippen LogP contribution < -0.4 is 0 Å². The standard InChI is InChI=1S/C11H11BrO/c12-11-6-2-4-9-8(7-13)3-1-5-10(9)11/h2,4,6-8H,1,3,5H2. The number of hydrogen-bond donors (Lipinski definition) is 0. The van der Waals surface area contributed by atoms with Crippen LogP contribution >= 0.6 is 15.9 Å². The average Bonchev–Trinajstić information content (AvgIpc) is 2.18. The van der Waals surface area contributed by atoms with Crippen molar-refractivity contribution in [3.63, 3.8) is 0 Å². The summed E-state index contributed by atoms with van der Waals surface area (Å²) in [6.07, 6.45) is 4.30. The molecule has 0 radical (unpaired) electrons. The highest BCUT2D eigenvalue weighted by Crippen LogP contribution is 2.34. The summed E-state index contributed by atoms with van der Waals surface area (Å²) in [7, 11) is 0. The van der Waals surface area contributed by atoms with Crippen LogP contribution in [0.4, 0.5) is 0 Å². The van der Waals surface area contributed by atoms with Gasteiger partial charge in [0.15, 0.2) is 0 Å². The molecule has 0 spiro atoms. The lowest BCUT2D eigenvalue weighted by atomic mass is 9.84. The second-order valence-corrected chi connectivity index (χ2v) is 4.30. The van der Waals surface area contributed by atoms with Crippen LogP contribution in [0.5, 0.6) is 0 Å². The fourth-order valence-electron chi connectivity index (χ4n) is 1.98. The largest absolute Gasteiger partial charge is 0.303 e. The molecule has 0 bridgehead atoms. The Bertz CT molecular complexity index is 333. The molecular weight excluding hydrogens is 228 g/mol. The van der Waals surface area contributed by atoms with E-state index in [9.17, 15) is 4.79 Å². The van der Waals surface area contributed by atoms with Crippen molar-refractivity contribution < 1.29 is 4.79 Å². The Labute approximate surface area is 86.3 Å². The molecule has 0 amide bonds. The summed E-state index contributed by atoms with van der Waals surface area (Å²) in [4.78, 5) is 10.8. The molecule has 2 heteroatoms. The Morgan fingerprint density at radius 1 is 1.46 bits per heavy atom. The van der Waals surface area contributed by atoms with Gasteiger partial charge in [-0.1, -0.05) is 28.1 Å². The molecule has 1 aromatic rings. The number of carbonyl (C=O) groups is 1. The first-order chi connectivity index (χ1) is 6.33. The molecule has 1 aromatic carbocycles. The van der Waals surface area contributed by atoms with E-state index in [-0.39, 0.29) is 5.92 Å². The van der Waals surface area contributed by atoms with Crippen LogP contribution in [0, 0.1) is 0 Å². The van der Waals surface area contributed by atoms with Crippen LogP contribution in [0.25, 0.3) is 0 Å². The zero-order valence-electron chi connectivity index (χ0n) is 7.29. The molecule has 1 aliphatic rings. The summed E-state index contributed by atoms with van der Waals surface area (Å²) in [6, 6.07) is 6.12. The summed E-state index contributed by atoms with van der Waals surface area (Å²) in [5, 5.41) is 0. The van der Waals surface area contributed by atoms with E-state index in [1.54, 1.807) is 0 Å². The van der Waals surface area contributed by atoms with Gasteiger partial charge in [0, 0.05) is 10.4 Å². The highest BCUT2D eigenvalue weighted by Gasteiger charge is 2.20. The molecule has 1 nitrogen and oxygen atoms in total. The quantitative estimate of drug-likeness (QED) is 0.688. The van der Waals surface area contributed by atoms with E-state index < -0.39 is 0 Å². The van der Waals surface area contributed by atoms with Crippen molar-refractivity contribution in [2.75, 3.05) is 0 Å². The molecule has 0 saturated carbocycles. The Kier molecular flexibility index (Phi) is 2.49. The zero-order chi connectivity index (χ0) is 9.26. The summed E-state index contributed by atoms with van der Waals surface area (Å²) in [6.45, 7) is 0. The van der Waals surface area contributed by atoms with Crippen LogP contribution in [-0.2, 0) is 11.2 Å². The van der Waals surface area contributed by atoms with Crippen LogP contribution in [0.2, 0.25) is 0 Å². The lowest BCUT2D eigenvalue weighted by Crippen LogP contribution is -2.11. The van der Waals surface area contributed by atoms with E-state index in [0.29, 0.717) is 0 Å². The van der Waals surface area contributed by atoms with Crippen LogP contribution in [-0.4, -0.2) is 6.29 Å². The second kappa shape index (κ2) is 3.62. The van der Waals surface area contributed by atoms with Gasteiger partial charge >= 0.3 is 0 Å². The SMILES string of the molecule is O=CC1CCCc2c(Br)cccc21. The molecular formula is C11H11BrO. The molecule has 68 valence electrons. The number of rotatable bonds is 1. The van der Waals surface area contributed by atoms with Gasteiger partial charge in [0.1, 0.15) is 6.29 Å². The predicted octanol–water partition coefficient (Wildman–Crippen LogP) is 3.07. The summed E-state index contributed by atoms with van der Waals surface area (Å²) < 4.78 is 1.15. The first-order valence-corrected chi connectivity index (χ1v) is 5.35. The summed E-state index contributed by atoms with van der Waals surface area (Å²) >= 11 is 3.52. The maximum absolute atomic E-state index is 10.8. The number of benzene rings is 1. The Morgan fingerprint density at radius 2 is 2.31 bits per heavy atom. The molecule has 2 rings (SSSR count). The Balaban J connectivity index is 2.51. The molecule has 13 heavy (non-hydrogen) atoms. The number of hydrogen-bond acceptors (Lipinski definition) is 1. The Morgan fingerprint density at radius 3 is 3.08 bits per heavy atom. The smallest absolute Gasteiger partial charge is 0.127 e. The maximum atomic E-state index is 10.8. The molecule has 0 fully saturated rings.